The first kappa shape index (κ1) is 16.5. The number of aromatic nitrogens is 2. The predicted octanol–water partition coefficient (Wildman–Crippen LogP) is 3.04. The van der Waals surface area contributed by atoms with Gasteiger partial charge >= 0.3 is 0 Å². The lowest BCUT2D eigenvalue weighted by Crippen LogP contribution is -2.35. The van der Waals surface area contributed by atoms with Gasteiger partial charge in [-0.25, -0.2) is 0 Å². The van der Waals surface area contributed by atoms with E-state index in [0.717, 1.165) is 32.1 Å². The predicted molar refractivity (Wildman–Crippen MR) is 88.3 cm³/mol. The molecule has 0 spiro atoms. The molecule has 4 heteroatoms. The second-order valence-electron chi connectivity index (χ2n) is 6.35. The molecule has 0 aromatic carbocycles. The summed E-state index contributed by atoms with van der Waals surface area (Å²) >= 11 is 0. The van der Waals surface area contributed by atoms with Crippen LogP contribution in [0.25, 0.3) is 0 Å². The van der Waals surface area contributed by atoms with Crippen molar-refractivity contribution in [2.24, 2.45) is 0 Å². The van der Waals surface area contributed by atoms with Crippen molar-refractivity contribution in [2.45, 2.75) is 71.0 Å². The molecule has 0 radical (unpaired) electrons. The van der Waals surface area contributed by atoms with Crippen LogP contribution in [0.4, 0.5) is 0 Å². The van der Waals surface area contributed by atoms with E-state index in [0.29, 0.717) is 0 Å². The first-order chi connectivity index (χ1) is 10.3. The molecule has 4 nitrogen and oxygen atoms in total. The van der Waals surface area contributed by atoms with E-state index < -0.39 is 0 Å². The normalized spacial score (nSPS) is 16.7. The summed E-state index contributed by atoms with van der Waals surface area (Å²) in [5, 5.41) is 7.92. The molecule has 0 atom stereocenters. The van der Waals surface area contributed by atoms with E-state index in [1.165, 1.54) is 50.8 Å². The Hall–Kier alpha value is -0.870. The van der Waals surface area contributed by atoms with E-state index in [-0.39, 0.29) is 0 Å². The zero-order chi connectivity index (χ0) is 14.9. The zero-order valence-corrected chi connectivity index (χ0v) is 13.9. The number of hydrogen-bond donors (Lipinski definition) is 1. The highest BCUT2D eigenvalue weighted by Crippen LogP contribution is 2.21. The van der Waals surface area contributed by atoms with Gasteiger partial charge in [0.2, 0.25) is 0 Å². The molecule has 0 amide bonds. The second kappa shape index (κ2) is 9.21. The third kappa shape index (κ3) is 5.44. The van der Waals surface area contributed by atoms with Crippen LogP contribution in [0, 0.1) is 0 Å². The Morgan fingerprint density at radius 1 is 1.33 bits per heavy atom. The first-order valence-corrected chi connectivity index (χ1v) is 8.73. The number of hydrogen-bond acceptors (Lipinski definition) is 3. The average Bonchev–Trinajstić information content (AvgIpc) is 2.95. The molecule has 120 valence electrons. The summed E-state index contributed by atoms with van der Waals surface area (Å²) in [6.07, 6.45) is 11.4. The van der Waals surface area contributed by atoms with Crippen LogP contribution in [0.15, 0.2) is 12.3 Å². The molecule has 1 aliphatic carbocycles. The van der Waals surface area contributed by atoms with Gasteiger partial charge in [0.25, 0.3) is 0 Å². The fourth-order valence-corrected chi connectivity index (χ4v) is 3.30. The molecule has 0 bridgehead atoms. The Morgan fingerprint density at radius 3 is 2.90 bits per heavy atom. The summed E-state index contributed by atoms with van der Waals surface area (Å²) < 4.78 is 2.11. The molecule has 0 saturated heterocycles. The highest BCUT2D eigenvalue weighted by Gasteiger charge is 2.17. The van der Waals surface area contributed by atoms with Gasteiger partial charge in [0, 0.05) is 25.3 Å². The monoisotopic (exact) mass is 292 g/mol. The topological polar surface area (TPSA) is 33.1 Å². The highest BCUT2D eigenvalue weighted by molar-refractivity contribution is 4.99. The number of aryl methyl sites for hydroxylation is 1. The van der Waals surface area contributed by atoms with Crippen molar-refractivity contribution in [3.63, 3.8) is 0 Å². The van der Waals surface area contributed by atoms with Gasteiger partial charge in [-0.05, 0) is 51.9 Å². The smallest absolute Gasteiger partial charge is 0.0522 e. The second-order valence-corrected chi connectivity index (χ2v) is 6.35. The van der Waals surface area contributed by atoms with Gasteiger partial charge < -0.3 is 10.2 Å². The molecule has 1 aliphatic rings. The molecular formula is C17H32N4. The molecule has 1 aromatic heterocycles. The fourth-order valence-electron chi connectivity index (χ4n) is 3.30. The molecule has 1 saturated carbocycles. The van der Waals surface area contributed by atoms with Crippen molar-refractivity contribution in [1.82, 2.24) is 20.0 Å². The molecule has 1 N–H and O–H groups in total. The molecule has 2 rings (SSSR count). The molecule has 0 aliphatic heterocycles. The number of nitrogens with one attached hydrogen (secondary N) is 1. The zero-order valence-electron chi connectivity index (χ0n) is 13.9. The van der Waals surface area contributed by atoms with Crippen molar-refractivity contribution in [3.05, 3.63) is 18.0 Å². The third-order valence-corrected chi connectivity index (χ3v) is 4.61. The maximum atomic E-state index is 4.36. The van der Waals surface area contributed by atoms with Crippen molar-refractivity contribution < 1.29 is 0 Å². The van der Waals surface area contributed by atoms with Crippen molar-refractivity contribution >= 4 is 0 Å². The average molecular weight is 292 g/mol. The summed E-state index contributed by atoms with van der Waals surface area (Å²) in [5.74, 6) is 0. The quantitative estimate of drug-likeness (QED) is 0.710. The van der Waals surface area contributed by atoms with Gasteiger partial charge in [0.1, 0.15) is 0 Å². The Balaban J connectivity index is 1.58. The van der Waals surface area contributed by atoms with Crippen LogP contribution in [0.5, 0.6) is 0 Å². The molecule has 21 heavy (non-hydrogen) atoms. The van der Waals surface area contributed by atoms with Gasteiger partial charge in [-0.2, -0.15) is 5.10 Å². The SMILES string of the molecule is CCCn1nccc1CNCCCN(C)C1CCCCC1. The lowest BCUT2D eigenvalue weighted by molar-refractivity contribution is 0.189. The maximum Gasteiger partial charge on any atom is 0.0522 e. The van der Waals surface area contributed by atoms with E-state index >= 15 is 0 Å². The van der Waals surface area contributed by atoms with E-state index in [9.17, 15) is 0 Å². The summed E-state index contributed by atoms with van der Waals surface area (Å²) in [6.45, 7) is 6.46. The minimum absolute atomic E-state index is 0.838. The highest BCUT2D eigenvalue weighted by atomic mass is 15.3. The van der Waals surface area contributed by atoms with Crippen LogP contribution in [-0.4, -0.2) is 40.9 Å². The minimum Gasteiger partial charge on any atom is -0.311 e. The summed E-state index contributed by atoms with van der Waals surface area (Å²) in [4.78, 5) is 2.57. The summed E-state index contributed by atoms with van der Waals surface area (Å²) in [5.41, 5.74) is 1.30. The Bertz CT molecular complexity index is 382. The van der Waals surface area contributed by atoms with Crippen molar-refractivity contribution in [3.8, 4) is 0 Å². The standard InChI is InChI=1S/C17H32N4/c1-3-13-21-17(10-12-19-21)15-18-11-7-14-20(2)16-8-5-4-6-9-16/h10,12,16,18H,3-9,11,13-15H2,1-2H3. The van der Waals surface area contributed by atoms with Gasteiger partial charge in [-0.1, -0.05) is 26.2 Å². The van der Waals surface area contributed by atoms with Crippen LogP contribution in [0.2, 0.25) is 0 Å². The van der Waals surface area contributed by atoms with E-state index in [1.54, 1.807) is 0 Å². The maximum absolute atomic E-state index is 4.36. The molecule has 1 aromatic rings. The summed E-state index contributed by atoms with van der Waals surface area (Å²) in [7, 11) is 2.30. The molecular weight excluding hydrogens is 260 g/mol. The van der Waals surface area contributed by atoms with Gasteiger partial charge in [0.15, 0.2) is 0 Å². The van der Waals surface area contributed by atoms with Gasteiger partial charge in [-0.15, -0.1) is 0 Å². The van der Waals surface area contributed by atoms with Crippen molar-refractivity contribution in [1.29, 1.82) is 0 Å². The van der Waals surface area contributed by atoms with Crippen molar-refractivity contribution in [2.75, 3.05) is 20.1 Å². The Labute approximate surface area is 129 Å². The van der Waals surface area contributed by atoms with Gasteiger partial charge in [0.05, 0.1) is 5.69 Å². The molecule has 1 heterocycles. The van der Waals surface area contributed by atoms with E-state index in [2.05, 4.69) is 40.0 Å². The molecule has 0 unspecified atom stereocenters. The van der Waals surface area contributed by atoms with Crippen LogP contribution in [-0.2, 0) is 13.1 Å². The third-order valence-electron chi connectivity index (χ3n) is 4.61. The first-order valence-electron chi connectivity index (χ1n) is 8.73. The number of rotatable bonds is 9. The van der Waals surface area contributed by atoms with Crippen LogP contribution >= 0.6 is 0 Å². The van der Waals surface area contributed by atoms with Crippen LogP contribution in [0.1, 0.15) is 57.6 Å². The lowest BCUT2D eigenvalue weighted by atomic mass is 9.94. The lowest BCUT2D eigenvalue weighted by Gasteiger charge is -2.31. The summed E-state index contributed by atoms with van der Waals surface area (Å²) in [6, 6.07) is 2.96. The Kier molecular flexibility index (Phi) is 7.24. The van der Waals surface area contributed by atoms with Crippen LogP contribution in [0.3, 0.4) is 0 Å². The van der Waals surface area contributed by atoms with Crippen LogP contribution < -0.4 is 5.32 Å². The van der Waals surface area contributed by atoms with Gasteiger partial charge in [-0.3, -0.25) is 4.68 Å². The largest absolute Gasteiger partial charge is 0.311 e. The Morgan fingerprint density at radius 2 is 2.14 bits per heavy atom. The molecule has 1 fully saturated rings. The fraction of sp³-hybridized carbons (Fsp3) is 0.824. The van der Waals surface area contributed by atoms with E-state index in [4.69, 9.17) is 0 Å². The minimum atomic E-state index is 0.838. The number of nitrogens with zero attached hydrogens (tertiary/aromatic N) is 3. The van der Waals surface area contributed by atoms with E-state index in [1.807, 2.05) is 6.20 Å².